The van der Waals surface area contributed by atoms with Crippen molar-refractivity contribution in [2.75, 3.05) is 32.8 Å². The Morgan fingerprint density at radius 1 is 1.17 bits per heavy atom. The van der Waals surface area contributed by atoms with Crippen molar-refractivity contribution in [3.8, 4) is 0 Å². The van der Waals surface area contributed by atoms with Gasteiger partial charge in [-0.3, -0.25) is 9.59 Å². The summed E-state index contributed by atoms with van der Waals surface area (Å²) in [7, 11) is 0. The van der Waals surface area contributed by atoms with Crippen LogP contribution in [0.15, 0.2) is 4.52 Å². The van der Waals surface area contributed by atoms with Crippen molar-refractivity contribution in [3.63, 3.8) is 0 Å². The van der Waals surface area contributed by atoms with Gasteiger partial charge in [0.25, 0.3) is 0 Å². The number of rotatable bonds is 6. The van der Waals surface area contributed by atoms with Gasteiger partial charge >= 0.3 is 0 Å². The number of aryl methyl sites for hydroxylation is 2. The maximum absolute atomic E-state index is 12.4. The smallest absolute Gasteiger partial charge is 0.248 e. The Morgan fingerprint density at radius 3 is 2.55 bits per heavy atom. The molecule has 1 saturated carbocycles. The Morgan fingerprint density at radius 2 is 1.93 bits per heavy atom. The minimum atomic E-state index is -0.161. The topological polar surface area (TPSA) is 87.9 Å². The first-order valence-corrected chi connectivity index (χ1v) is 10.8. The SMILES string of the molecule is Cc1noc(C)c1CC(=O)NC[C@@H]1CN(C2CCN(C3CCC3)CC2)C(=O)CO1. The second-order valence-corrected chi connectivity index (χ2v) is 8.61. The van der Waals surface area contributed by atoms with Crippen LogP contribution in [0.3, 0.4) is 0 Å². The van der Waals surface area contributed by atoms with Crippen LogP contribution < -0.4 is 5.32 Å². The fourth-order valence-corrected chi connectivity index (χ4v) is 4.64. The molecular weight excluding hydrogens is 372 g/mol. The number of morpholine rings is 1. The number of ether oxygens (including phenoxy) is 1. The molecule has 4 rings (SSSR count). The summed E-state index contributed by atoms with van der Waals surface area (Å²) < 4.78 is 10.8. The molecule has 1 atom stereocenters. The molecule has 160 valence electrons. The predicted molar refractivity (Wildman–Crippen MR) is 106 cm³/mol. The number of carbonyl (C=O) groups is 2. The van der Waals surface area contributed by atoms with Gasteiger partial charge in [0, 0.05) is 43.8 Å². The fraction of sp³-hybridized carbons (Fsp3) is 0.762. The van der Waals surface area contributed by atoms with Crippen LogP contribution in [0.4, 0.5) is 0 Å². The standard InChI is InChI=1S/C21H32N4O4/c1-14-19(15(2)29-23-14)10-20(26)22-11-18-12-25(21(27)13-28-18)17-6-8-24(9-7-17)16-4-3-5-16/h16-18H,3-13H2,1-2H3,(H,22,26)/t18-/m1/s1. The van der Waals surface area contributed by atoms with Crippen LogP contribution >= 0.6 is 0 Å². The first-order valence-electron chi connectivity index (χ1n) is 10.8. The molecule has 1 aromatic heterocycles. The molecule has 0 bridgehead atoms. The Balaban J connectivity index is 1.24. The summed E-state index contributed by atoms with van der Waals surface area (Å²) in [5.41, 5.74) is 1.58. The molecule has 1 aliphatic carbocycles. The zero-order valence-corrected chi connectivity index (χ0v) is 17.5. The number of hydrogen-bond acceptors (Lipinski definition) is 6. The van der Waals surface area contributed by atoms with E-state index in [9.17, 15) is 9.59 Å². The van der Waals surface area contributed by atoms with E-state index in [4.69, 9.17) is 9.26 Å². The average Bonchev–Trinajstić information content (AvgIpc) is 2.99. The summed E-state index contributed by atoms with van der Waals surface area (Å²) in [6.07, 6.45) is 6.17. The third-order valence-corrected chi connectivity index (χ3v) is 6.74. The summed E-state index contributed by atoms with van der Waals surface area (Å²) in [5.74, 6) is 0.669. The molecular formula is C21H32N4O4. The van der Waals surface area contributed by atoms with E-state index in [2.05, 4.69) is 15.4 Å². The maximum atomic E-state index is 12.4. The van der Waals surface area contributed by atoms with Gasteiger partial charge < -0.3 is 24.4 Å². The number of nitrogens with zero attached hydrogens (tertiary/aromatic N) is 3. The van der Waals surface area contributed by atoms with Crippen molar-refractivity contribution in [2.45, 2.75) is 70.6 Å². The highest BCUT2D eigenvalue weighted by Crippen LogP contribution is 2.29. The van der Waals surface area contributed by atoms with Crippen molar-refractivity contribution < 1.29 is 18.8 Å². The minimum Gasteiger partial charge on any atom is -0.365 e. The van der Waals surface area contributed by atoms with Crippen molar-refractivity contribution >= 4 is 11.8 Å². The van der Waals surface area contributed by atoms with E-state index in [0.29, 0.717) is 24.9 Å². The van der Waals surface area contributed by atoms with Crippen molar-refractivity contribution in [1.82, 2.24) is 20.3 Å². The van der Waals surface area contributed by atoms with Gasteiger partial charge in [-0.1, -0.05) is 11.6 Å². The van der Waals surface area contributed by atoms with Gasteiger partial charge in [-0.2, -0.15) is 0 Å². The maximum Gasteiger partial charge on any atom is 0.248 e. The molecule has 0 unspecified atom stereocenters. The molecule has 8 nitrogen and oxygen atoms in total. The molecule has 0 radical (unpaired) electrons. The van der Waals surface area contributed by atoms with Gasteiger partial charge in [-0.15, -0.1) is 0 Å². The van der Waals surface area contributed by atoms with Gasteiger partial charge in [0.15, 0.2) is 0 Å². The monoisotopic (exact) mass is 404 g/mol. The van der Waals surface area contributed by atoms with E-state index >= 15 is 0 Å². The van der Waals surface area contributed by atoms with Crippen LogP contribution in [-0.4, -0.2) is 77.7 Å². The summed E-state index contributed by atoms with van der Waals surface area (Å²) in [6, 6.07) is 1.07. The predicted octanol–water partition coefficient (Wildman–Crippen LogP) is 1.19. The van der Waals surface area contributed by atoms with Crippen molar-refractivity contribution in [2.24, 2.45) is 0 Å². The molecule has 1 aromatic rings. The van der Waals surface area contributed by atoms with Crippen molar-refractivity contribution in [1.29, 1.82) is 0 Å². The molecule has 3 heterocycles. The highest BCUT2D eigenvalue weighted by molar-refractivity contribution is 5.79. The van der Waals surface area contributed by atoms with Crippen LogP contribution in [0.25, 0.3) is 0 Å². The lowest BCUT2D eigenvalue weighted by Gasteiger charge is -2.45. The van der Waals surface area contributed by atoms with Gasteiger partial charge in [0.2, 0.25) is 11.8 Å². The Bertz CT molecular complexity index is 718. The molecule has 2 amide bonds. The molecule has 0 aromatic carbocycles. The number of hydrogen-bond donors (Lipinski definition) is 1. The van der Waals surface area contributed by atoms with Crippen molar-refractivity contribution in [3.05, 3.63) is 17.0 Å². The first kappa shape index (κ1) is 20.3. The Hall–Kier alpha value is -1.93. The van der Waals surface area contributed by atoms with Crippen LogP contribution in [0.5, 0.6) is 0 Å². The van der Waals surface area contributed by atoms with Crippen LogP contribution in [0.2, 0.25) is 0 Å². The van der Waals surface area contributed by atoms with Gasteiger partial charge in [-0.05, 0) is 39.5 Å². The number of piperidine rings is 1. The summed E-state index contributed by atoms with van der Waals surface area (Å²) in [5, 5.41) is 6.83. The lowest BCUT2D eigenvalue weighted by molar-refractivity contribution is -0.153. The molecule has 3 fully saturated rings. The third kappa shape index (κ3) is 4.64. The van der Waals surface area contributed by atoms with E-state index in [1.165, 1.54) is 19.3 Å². The van der Waals surface area contributed by atoms with Gasteiger partial charge in [-0.25, -0.2) is 0 Å². The summed E-state index contributed by atoms with van der Waals surface area (Å²) >= 11 is 0. The van der Waals surface area contributed by atoms with Gasteiger partial charge in [0.1, 0.15) is 12.4 Å². The van der Waals surface area contributed by atoms with Gasteiger partial charge in [0.05, 0.1) is 18.2 Å². The lowest BCUT2D eigenvalue weighted by Crippen LogP contribution is -2.57. The minimum absolute atomic E-state index is 0.0744. The Labute approximate surface area is 171 Å². The largest absolute Gasteiger partial charge is 0.365 e. The number of nitrogens with one attached hydrogen (secondary N) is 1. The highest BCUT2D eigenvalue weighted by atomic mass is 16.5. The molecule has 2 saturated heterocycles. The average molecular weight is 405 g/mol. The number of amides is 2. The number of carbonyl (C=O) groups excluding carboxylic acids is 2. The molecule has 8 heteroatoms. The Kier molecular flexibility index (Phi) is 6.20. The van der Waals surface area contributed by atoms with E-state index in [1.54, 1.807) is 0 Å². The molecule has 0 spiro atoms. The summed E-state index contributed by atoms with van der Waals surface area (Å²) in [6.45, 7) is 6.88. The van der Waals surface area contributed by atoms with E-state index < -0.39 is 0 Å². The second kappa shape index (κ2) is 8.83. The zero-order valence-electron chi connectivity index (χ0n) is 17.5. The summed E-state index contributed by atoms with van der Waals surface area (Å²) in [4.78, 5) is 29.3. The molecule has 3 aliphatic rings. The third-order valence-electron chi connectivity index (χ3n) is 6.74. The first-order chi connectivity index (χ1) is 14.0. The van der Waals surface area contributed by atoms with Crippen LogP contribution in [-0.2, 0) is 20.7 Å². The number of aromatic nitrogens is 1. The lowest BCUT2D eigenvalue weighted by atomic mass is 9.89. The van der Waals surface area contributed by atoms with Crippen LogP contribution in [0, 0.1) is 13.8 Å². The normalized spacial score (nSPS) is 24.6. The molecule has 29 heavy (non-hydrogen) atoms. The second-order valence-electron chi connectivity index (χ2n) is 8.61. The quantitative estimate of drug-likeness (QED) is 0.766. The molecule has 1 N–H and O–H groups in total. The number of likely N-dealkylation sites (tertiary alicyclic amines) is 1. The van der Waals surface area contributed by atoms with Crippen LogP contribution in [0.1, 0.15) is 49.1 Å². The fourth-order valence-electron chi connectivity index (χ4n) is 4.64. The zero-order chi connectivity index (χ0) is 20.4. The molecule has 2 aliphatic heterocycles. The van der Waals surface area contributed by atoms with E-state index in [0.717, 1.165) is 43.2 Å². The van der Waals surface area contributed by atoms with E-state index in [1.807, 2.05) is 18.7 Å². The highest BCUT2D eigenvalue weighted by Gasteiger charge is 2.35. The van der Waals surface area contributed by atoms with E-state index in [-0.39, 0.29) is 30.9 Å².